The third kappa shape index (κ3) is 8.99. The third-order valence-electron chi connectivity index (χ3n) is 6.85. The highest BCUT2D eigenvalue weighted by Gasteiger charge is 2.09. The summed E-state index contributed by atoms with van der Waals surface area (Å²) in [4.78, 5) is 19.2. The largest absolute Gasteiger partial charge is 0.301 e. The molecule has 2 aromatic carbocycles. The Balaban J connectivity index is 1.25. The number of benzene rings is 2. The molecule has 0 amide bonds. The van der Waals surface area contributed by atoms with Gasteiger partial charge in [-0.1, -0.05) is 60.7 Å². The molecule has 0 unspecified atom stereocenters. The molecule has 200 valence electrons. The van der Waals surface area contributed by atoms with Gasteiger partial charge in [-0.25, -0.2) is 9.97 Å². The van der Waals surface area contributed by atoms with Gasteiger partial charge in [-0.05, 0) is 63.6 Å². The maximum absolute atomic E-state index is 4.91. The first-order valence-corrected chi connectivity index (χ1v) is 13.5. The van der Waals surface area contributed by atoms with Gasteiger partial charge in [-0.3, -0.25) is 9.80 Å². The van der Waals surface area contributed by atoms with E-state index in [2.05, 4.69) is 133 Å². The fraction of sp³-hybridized carbons (Fsp3) is 0.375. The highest BCUT2D eigenvalue weighted by molar-refractivity contribution is 5.74. The Bertz CT molecular complexity index is 1150. The molecule has 0 atom stereocenters. The van der Waals surface area contributed by atoms with Crippen LogP contribution in [0.5, 0.6) is 0 Å². The highest BCUT2D eigenvalue weighted by atomic mass is 15.2. The molecule has 2 aromatic heterocycles. The van der Waals surface area contributed by atoms with Gasteiger partial charge in [0.25, 0.3) is 0 Å². The van der Waals surface area contributed by atoms with E-state index < -0.39 is 0 Å². The molecule has 2 heterocycles. The van der Waals surface area contributed by atoms with Crippen molar-refractivity contribution in [1.82, 2.24) is 29.6 Å². The standard InChI is InChI=1S/C32H42N6/c1-35(23-27-11-7-5-8-12-27)19-21-37(3)25-30-17-15-29-16-18-31(34-32(29)33-30)26-38(4)22-20-36(2)24-28-13-9-6-10-14-28/h5-18H,19-26H2,1-4H3. The fourth-order valence-corrected chi connectivity index (χ4v) is 4.60. The summed E-state index contributed by atoms with van der Waals surface area (Å²) in [6, 6.07) is 29.8. The van der Waals surface area contributed by atoms with E-state index in [1.165, 1.54) is 11.1 Å². The van der Waals surface area contributed by atoms with Crippen LogP contribution in [-0.4, -0.2) is 83.9 Å². The van der Waals surface area contributed by atoms with Gasteiger partial charge in [-0.2, -0.15) is 0 Å². The summed E-state index contributed by atoms with van der Waals surface area (Å²) in [6.07, 6.45) is 0. The summed E-state index contributed by atoms with van der Waals surface area (Å²) in [6.45, 7) is 7.55. The van der Waals surface area contributed by atoms with E-state index >= 15 is 0 Å². The lowest BCUT2D eigenvalue weighted by atomic mass is 10.2. The second-order valence-corrected chi connectivity index (χ2v) is 10.6. The zero-order valence-electron chi connectivity index (χ0n) is 23.4. The zero-order valence-corrected chi connectivity index (χ0v) is 23.4. The van der Waals surface area contributed by atoms with Crippen LogP contribution in [0.15, 0.2) is 84.9 Å². The molecule has 6 nitrogen and oxygen atoms in total. The van der Waals surface area contributed by atoms with Gasteiger partial charge in [-0.15, -0.1) is 0 Å². The van der Waals surface area contributed by atoms with E-state index in [0.717, 1.165) is 74.8 Å². The van der Waals surface area contributed by atoms with Crippen LogP contribution in [-0.2, 0) is 26.2 Å². The van der Waals surface area contributed by atoms with Gasteiger partial charge in [0, 0.05) is 57.7 Å². The lowest BCUT2D eigenvalue weighted by Crippen LogP contribution is -2.30. The molecular weight excluding hydrogens is 468 g/mol. The number of hydrogen-bond donors (Lipinski definition) is 0. The Morgan fingerprint density at radius 1 is 0.447 bits per heavy atom. The van der Waals surface area contributed by atoms with Gasteiger partial charge < -0.3 is 9.80 Å². The maximum Gasteiger partial charge on any atom is 0.159 e. The van der Waals surface area contributed by atoms with E-state index in [-0.39, 0.29) is 0 Å². The van der Waals surface area contributed by atoms with E-state index in [9.17, 15) is 0 Å². The Morgan fingerprint density at radius 3 is 1.21 bits per heavy atom. The molecule has 6 heteroatoms. The molecular formula is C32H42N6. The molecule has 0 spiro atoms. The molecule has 0 N–H and O–H groups in total. The normalized spacial score (nSPS) is 11.9. The van der Waals surface area contributed by atoms with E-state index in [1.54, 1.807) is 0 Å². The molecule has 4 aromatic rings. The van der Waals surface area contributed by atoms with Gasteiger partial charge in [0.15, 0.2) is 5.65 Å². The van der Waals surface area contributed by atoms with E-state index in [0.29, 0.717) is 0 Å². The van der Waals surface area contributed by atoms with Gasteiger partial charge >= 0.3 is 0 Å². The molecule has 0 saturated heterocycles. The van der Waals surface area contributed by atoms with Gasteiger partial charge in [0.2, 0.25) is 0 Å². The Kier molecular flexibility index (Phi) is 10.4. The Labute approximate surface area is 228 Å². The van der Waals surface area contributed by atoms with Crippen molar-refractivity contribution in [2.45, 2.75) is 26.2 Å². The number of likely N-dealkylation sites (N-methyl/N-ethyl adjacent to an activating group) is 4. The molecule has 0 fully saturated rings. The molecule has 0 bridgehead atoms. The van der Waals surface area contributed by atoms with Crippen molar-refractivity contribution >= 4 is 11.0 Å². The molecule has 38 heavy (non-hydrogen) atoms. The van der Waals surface area contributed by atoms with Crippen LogP contribution in [0.1, 0.15) is 22.5 Å². The first-order valence-electron chi connectivity index (χ1n) is 13.5. The van der Waals surface area contributed by atoms with Crippen molar-refractivity contribution in [2.24, 2.45) is 0 Å². The number of fused-ring (bicyclic) bond motifs is 1. The highest BCUT2D eigenvalue weighted by Crippen LogP contribution is 2.14. The first kappa shape index (κ1) is 27.9. The molecule has 0 aliphatic rings. The minimum atomic E-state index is 0.814. The monoisotopic (exact) mass is 510 g/mol. The van der Waals surface area contributed by atoms with Crippen molar-refractivity contribution in [2.75, 3.05) is 54.4 Å². The van der Waals surface area contributed by atoms with Gasteiger partial charge in [0.1, 0.15) is 0 Å². The van der Waals surface area contributed by atoms with Crippen molar-refractivity contribution in [1.29, 1.82) is 0 Å². The van der Waals surface area contributed by atoms with Gasteiger partial charge in [0.05, 0.1) is 11.4 Å². The van der Waals surface area contributed by atoms with Crippen LogP contribution in [0, 0.1) is 0 Å². The number of aromatic nitrogens is 2. The van der Waals surface area contributed by atoms with Crippen LogP contribution in [0.2, 0.25) is 0 Å². The van der Waals surface area contributed by atoms with Crippen molar-refractivity contribution in [3.8, 4) is 0 Å². The lowest BCUT2D eigenvalue weighted by Gasteiger charge is -2.22. The van der Waals surface area contributed by atoms with E-state index in [4.69, 9.17) is 9.97 Å². The lowest BCUT2D eigenvalue weighted by molar-refractivity contribution is 0.245. The van der Waals surface area contributed by atoms with Crippen LogP contribution >= 0.6 is 0 Å². The first-order chi connectivity index (χ1) is 18.4. The predicted octanol–water partition coefficient (Wildman–Crippen LogP) is 4.76. The number of pyridine rings is 2. The van der Waals surface area contributed by atoms with Crippen LogP contribution in [0.3, 0.4) is 0 Å². The Hall–Kier alpha value is -3.16. The summed E-state index contributed by atoms with van der Waals surface area (Å²) < 4.78 is 0. The Morgan fingerprint density at radius 2 is 0.816 bits per heavy atom. The number of hydrogen-bond acceptors (Lipinski definition) is 6. The summed E-state index contributed by atoms with van der Waals surface area (Å²) in [5.74, 6) is 0. The number of nitrogens with zero attached hydrogens (tertiary/aromatic N) is 6. The third-order valence-corrected chi connectivity index (χ3v) is 6.85. The van der Waals surface area contributed by atoms with Crippen molar-refractivity contribution in [3.63, 3.8) is 0 Å². The smallest absolute Gasteiger partial charge is 0.159 e. The summed E-state index contributed by atoms with van der Waals surface area (Å²) >= 11 is 0. The molecule has 0 radical (unpaired) electrons. The molecule has 0 aliphatic heterocycles. The predicted molar refractivity (Wildman–Crippen MR) is 158 cm³/mol. The minimum Gasteiger partial charge on any atom is -0.301 e. The van der Waals surface area contributed by atoms with Crippen LogP contribution in [0.4, 0.5) is 0 Å². The molecule has 0 aliphatic carbocycles. The van der Waals surface area contributed by atoms with Crippen LogP contribution in [0.25, 0.3) is 11.0 Å². The summed E-state index contributed by atoms with van der Waals surface area (Å²) in [7, 11) is 8.68. The van der Waals surface area contributed by atoms with Crippen LogP contribution < -0.4 is 0 Å². The zero-order chi connectivity index (χ0) is 26.7. The molecule has 0 saturated carbocycles. The SMILES string of the molecule is CN(CCN(C)Cc1ccc2ccc(CN(C)CCN(C)Cc3ccccc3)nc2n1)Cc1ccccc1. The quantitative estimate of drug-likeness (QED) is 0.244. The average molecular weight is 511 g/mol. The maximum atomic E-state index is 4.91. The minimum absolute atomic E-state index is 0.814. The summed E-state index contributed by atoms with van der Waals surface area (Å²) in [5.41, 5.74) is 5.66. The van der Waals surface area contributed by atoms with Crippen molar-refractivity contribution in [3.05, 3.63) is 107 Å². The van der Waals surface area contributed by atoms with E-state index in [1.807, 2.05) is 0 Å². The summed E-state index contributed by atoms with van der Waals surface area (Å²) in [5, 5.41) is 1.09. The topological polar surface area (TPSA) is 38.7 Å². The fourth-order valence-electron chi connectivity index (χ4n) is 4.60. The average Bonchev–Trinajstić information content (AvgIpc) is 2.92. The second-order valence-electron chi connectivity index (χ2n) is 10.6. The number of rotatable bonds is 14. The van der Waals surface area contributed by atoms with Crippen molar-refractivity contribution < 1.29 is 0 Å². The molecule has 4 rings (SSSR count). The second kappa shape index (κ2) is 14.1.